The lowest BCUT2D eigenvalue weighted by atomic mass is 10.1. The van der Waals surface area contributed by atoms with Crippen LogP contribution >= 0.6 is 23.2 Å². The Labute approximate surface area is 198 Å². The molecule has 0 aromatic heterocycles. The number of nitro benzene ring substituents is 1. The Morgan fingerprint density at radius 3 is 2.45 bits per heavy atom. The Hall–Kier alpha value is -3.75. The maximum Gasteiger partial charge on any atom is 0.272 e. The molecule has 0 atom stereocenters. The number of halogens is 3. The molecular weight excluding hydrogens is 472 g/mol. The summed E-state index contributed by atoms with van der Waals surface area (Å²) in [6.07, 6.45) is 1.27. The third-order valence-electron chi connectivity index (χ3n) is 4.49. The third kappa shape index (κ3) is 6.15. The van der Waals surface area contributed by atoms with E-state index in [2.05, 4.69) is 10.6 Å². The maximum atomic E-state index is 13.3. The minimum atomic E-state index is -0.770. The number of nitro groups is 1. The highest BCUT2D eigenvalue weighted by atomic mass is 35.5. The second kappa shape index (κ2) is 10.2. The van der Waals surface area contributed by atoms with Crippen LogP contribution in [0.2, 0.25) is 10.0 Å². The maximum absolute atomic E-state index is 13.3. The fourth-order valence-electron chi connectivity index (χ4n) is 2.79. The minimum Gasteiger partial charge on any atom is -0.321 e. The van der Waals surface area contributed by atoms with Crippen molar-refractivity contribution in [2.24, 2.45) is 0 Å². The summed E-state index contributed by atoms with van der Waals surface area (Å²) in [4.78, 5) is 36.2. The van der Waals surface area contributed by atoms with Crippen LogP contribution in [0.25, 0.3) is 6.08 Å². The van der Waals surface area contributed by atoms with Crippen LogP contribution in [0.15, 0.2) is 66.4 Å². The number of nitrogens with one attached hydrogen (secondary N) is 2. The van der Waals surface area contributed by atoms with E-state index < -0.39 is 22.6 Å². The number of non-ortho nitro benzene ring substituents is 1. The summed E-state index contributed by atoms with van der Waals surface area (Å²) in [6, 6.07) is 13.6. The van der Waals surface area contributed by atoms with Crippen LogP contribution in [0.5, 0.6) is 0 Å². The van der Waals surface area contributed by atoms with Crippen LogP contribution in [0.3, 0.4) is 0 Å². The summed E-state index contributed by atoms with van der Waals surface area (Å²) in [5.41, 5.74) is 0.992. The average molecular weight is 488 g/mol. The monoisotopic (exact) mass is 487 g/mol. The molecule has 3 rings (SSSR count). The lowest BCUT2D eigenvalue weighted by Crippen LogP contribution is -2.31. The predicted octanol–water partition coefficient (Wildman–Crippen LogP) is 5.76. The molecule has 0 aliphatic rings. The van der Waals surface area contributed by atoms with E-state index in [4.69, 9.17) is 23.2 Å². The minimum absolute atomic E-state index is 0.0609. The summed E-state index contributed by atoms with van der Waals surface area (Å²) >= 11 is 12.1. The molecule has 2 N–H and O–H groups in total. The highest BCUT2D eigenvalue weighted by molar-refractivity contribution is 6.34. The zero-order chi connectivity index (χ0) is 24.1. The number of benzene rings is 3. The van der Waals surface area contributed by atoms with Gasteiger partial charge in [0.25, 0.3) is 17.5 Å². The molecule has 168 valence electrons. The van der Waals surface area contributed by atoms with Gasteiger partial charge in [-0.1, -0.05) is 41.4 Å². The number of hydrogen-bond acceptors (Lipinski definition) is 4. The van der Waals surface area contributed by atoms with E-state index in [0.717, 1.165) is 17.7 Å². The van der Waals surface area contributed by atoms with Crippen molar-refractivity contribution in [2.75, 3.05) is 5.32 Å². The number of amides is 2. The number of nitrogens with zero attached hydrogens (tertiary/aromatic N) is 1. The summed E-state index contributed by atoms with van der Waals surface area (Å²) < 4.78 is 13.3. The first-order valence-corrected chi connectivity index (χ1v) is 10.2. The van der Waals surface area contributed by atoms with Gasteiger partial charge in [-0.15, -0.1) is 0 Å². The highest BCUT2D eigenvalue weighted by Crippen LogP contribution is 2.22. The fourth-order valence-corrected chi connectivity index (χ4v) is 3.22. The van der Waals surface area contributed by atoms with Gasteiger partial charge in [-0.2, -0.15) is 0 Å². The lowest BCUT2D eigenvalue weighted by molar-refractivity contribution is -0.384. The van der Waals surface area contributed by atoms with Crippen molar-refractivity contribution in [3.05, 3.63) is 109 Å². The first-order valence-electron chi connectivity index (χ1n) is 9.44. The summed E-state index contributed by atoms with van der Waals surface area (Å²) in [5.74, 6) is -2.11. The Morgan fingerprint density at radius 1 is 1.03 bits per heavy atom. The number of hydrogen-bond donors (Lipinski definition) is 2. The van der Waals surface area contributed by atoms with Gasteiger partial charge in [-0.25, -0.2) is 4.39 Å². The molecule has 0 bridgehead atoms. The van der Waals surface area contributed by atoms with Gasteiger partial charge in [0.2, 0.25) is 0 Å². The van der Waals surface area contributed by atoms with Gasteiger partial charge in [-0.05, 0) is 54.5 Å². The molecule has 0 spiro atoms. The van der Waals surface area contributed by atoms with E-state index in [9.17, 15) is 24.1 Å². The van der Waals surface area contributed by atoms with E-state index in [1.54, 1.807) is 25.1 Å². The highest BCUT2D eigenvalue weighted by Gasteiger charge is 2.18. The summed E-state index contributed by atoms with van der Waals surface area (Å²) in [7, 11) is 0. The van der Waals surface area contributed by atoms with Crippen molar-refractivity contribution in [3.8, 4) is 0 Å². The molecule has 0 fully saturated rings. The smallest absolute Gasteiger partial charge is 0.272 e. The molecule has 0 unspecified atom stereocenters. The van der Waals surface area contributed by atoms with Crippen molar-refractivity contribution in [3.63, 3.8) is 0 Å². The number of aryl methyl sites for hydroxylation is 1. The zero-order valence-corrected chi connectivity index (χ0v) is 18.6. The lowest BCUT2D eigenvalue weighted by Gasteiger charge is -2.12. The topological polar surface area (TPSA) is 101 Å². The van der Waals surface area contributed by atoms with Gasteiger partial charge in [0.05, 0.1) is 15.5 Å². The molecule has 7 nitrogen and oxygen atoms in total. The SMILES string of the molecule is Cc1ccc(NC(=O)/C(=C/c2cccc([N+](=O)[O-])c2)NC(=O)c2ccc(F)cc2Cl)cc1Cl. The molecule has 0 saturated carbocycles. The molecule has 0 saturated heterocycles. The quantitative estimate of drug-likeness (QED) is 0.262. The predicted molar refractivity (Wildman–Crippen MR) is 125 cm³/mol. The van der Waals surface area contributed by atoms with E-state index in [1.165, 1.54) is 36.4 Å². The molecule has 33 heavy (non-hydrogen) atoms. The second-order valence-electron chi connectivity index (χ2n) is 6.91. The van der Waals surface area contributed by atoms with Gasteiger partial charge in [-0.3, -0.25) is 19.7 Å². The molecular formula is C23H16Cl2FN3O4. The van der Waals surface area contributed by atoms with Crippen LogP contribution in [-0.2, 0) is 4.79 Å². The molecule has 10 heteroatoms. The summed E-state index contributed by atoms with van der Waals surface area (Å²) in [6.45, 7) is 1.80. The molecule has 0 aliphatic carbocycles. The van der Waals surface area contributed by atoms with E-state index >= 15 is 0 Å². The Bertz CT molecular complexity index is 1290. The molecule has 0 radical (unpaired) electrons. The van der Waals surface area contributed by atoms with Crippen molar-refractivity contribution in [1.82, 2.24) is 5.32 Å². The van der Waals surface area contributed by atoms with Crippen LogP contribution in [0, 0.1) is 22.9 Å². The van der Waals surface area contributed by atoms with E-state index in [1.807, 2.05) is 0 Å². The Morgan fingerprint density at radius 2 is 1.79 bits per heavy atom. The third-order valence-corrected chi connectivity index (χ3v) is 5.21. The van der Waals surface area contributed by atoms with Crippen LogP contribution in [0.4, 0.5) is 15.8 Å². The van der Waals surface area contributed by atoms with Crippen molar-refractivity contribution >= 4 is 52.5 Å². The summed E-state index contributed by atoms with van der Waals surface area (Å²) in [5, 5.41) is 16.4. The Kier molecular flexibility index (Phi) is 7.42. The van der Waals surface area contributed by atoms with Crippen molar-refractivity contribution in [1.29, 1.82) is 0 Å². The number of carbonyl (C=O) groups excluding carboxylic acids is 2. The van der Waals surface area contributed by atoms with E-state index in [-0.39, 0.29) is 22.0 Å². The van der Waals surface area contributed by atoms with Crippen LogP contribution in [-0.4, -0.2) is 16.7 Å². The fraction of sp³-hybridized carbons (Fsp3) is 0.0435. The second-order valence-corrected chi connectivity index (χ2v) is 7.72. The standard InChI is InChI=1S/C23H16Cl2FN3O4/c1-13-5-7-16(12-19(13)24)27-23(31)21(10-14-3-2-4-17(9-14)29(32)33)28-22(30)18-8-6-15(26)11-20(18)25/h2-12H,1H3,(H,27,31)(H,28,30)/b21-10-. The molecule has 3 aromatic rings. The first-order chi connectivity index (χ1) is 15.6. The first kappa shape index (κ1) is 23.9. The van der Waals surface area contributed by atoms with Crippen LogP contribution < -0.4 is 10.6 Å². The van der Waals surface area contributed by atoms with Crippen molar-refractivity contribution in [2.45, 2.75) is 6.92 Å². The van der Waals surface area contributed by atoms with Gasteiger partial charge in [0.15, 0.2) is 0 Å². The van der Waals surface area contributed by atoms with Gasteiger partial charge < -0.3 is 10.6 Å². The number of anilines is 1. The molecule has 0 aliphatic heterocycles. The largest absolute Gasteiger partial charge is 0.321 e. The average Bonchev–Trinajstić information content (AvgIpc) is 2.76. The van der Waals surface area contributed by atoms with Gasteiger partial charge in [0, 0.05) is 22.8 Å². The van der Waals surface area contributed by atoms with E-state index in [0.29, 0.717) is 16.3 Å². The molecule has 3 aromatic carbocycles. The van der Waals surface area contributed by atoms with Crippen LogP contribution in [0.1, 0.15) is 21.5 Å². The molecule has 2 amide bonds. The normalized spacial score (nSPS) is 11.1. The number of rotatable bonds is 6. The van der Waals surface area contributed by atoms with Gasteiger partial charge >= 0.3 is 0 Å². The zero-order valence-electron chi connectivity index (χ0n) is 17.1. The van der Waals surface area contributed by atoms with Gasteiger partial charge in [0.1, 0.15) is 11.5 Å². The Balaban J connectivity index is 1.96. The molecule has 0 heterocycles. The van der Waals surface area contributed by atoms with Crippen molar-refractivity contribution < 1.29 is 18.9 Å². The number of carbonyl (C=O) groups is 2.